The van der Waals surface area contributed by atoms with Gasteiger partial charge in [-0.15, -0.1) is 0 Å². The van der Waals surface area contributed by atoms with Gasteiger partial charge < -0.3 is 5.11 Å². The molecule has 1 N–H and O–H groups in total. The van der Waals surface area contributed by atoms with Gasteiger partial charge in [-0.3, -0.25) is 0 Å². The highest BCUT2D eigenvalue weighted by Crippen LogP contribution is 1.65. The molecule has 0 spiro atoms. The molecule has 7 heavy (non-hydrogen) atoms. The van der Waals surface area contributed by atoms with Gasteiger partial charge in [0, 0.05) is 6.10 Å². The Kier molecular flexibility index (Phi) is 37.7. The highest BCUT2D eigenvalue weighted by Gasteiger charge is 1.69. The first kappa shape index (κ1) is 15.8. The molecule has 1 nitrogen and oxygen atoms in total. The van der Waals surface area contributed by atoms with Gasteiger partial charge in [-0.2, -0.15) is 0 Å². The van der Waals surface area contributed by atoms with Crippen molar-refractivity contribution < 1.29 is 5.11 Å². The largest absolute Gasteiger partial charge is 0.394 e. The Balaban J connectivity index is -0.0000000480. The predicted molar refractivity (Wildman–Crippen MR) is 35.4 cm³/mol. The Morgan fingerprint density at radius 3 is 1.14 bits per heavy atom. The molecule has 1 heteroatoms. The van der Waals surface area contributed by atoms with Gasteiger partial charge in [-0.25, -0.2) is 0 Å². The summed E-state index contributed by atoms with van der Waals surface area (Å²) in [7, 11) is 0. The van der Waals surface area contributed by atoms with Crippen molar-refractivity contribution in [2.75, 3.05) is 0 Å². The smallest absolute Gasteiger partial charge is 0.0483 e. The molecule has 0 rings (SSSR count). The molecule has 0 saturated heterocycles. The fourth-order valence-electron chi connectivity index (χ4n) is 0. The number of aliphatic hydroxyl groups is 1. The fourth-order valence-corrected chi connectivity index (χ4v) is 0. The van der Waals surface area contributed by atoms with Crippen LogP contribution in [0.5, 0.6) is 0 Å². The van der Waals surface area contributed by atoms with Crippen molar-refractivity contribution >= 4 is 0 Å². The van der Waals surface area contributed by atoms with E-state index in [0.717, 1.165) is 0 Å². The van der Waals surface area contributed by atoms with E-state index >= 15 is 0 Å². The second kappa shape index (κ2) is 16.7. The maximum Gasteiger partial charge on any atom is 0.0483 e. The van der Waals surface area contributed by atoms with E-state index < -0.39 is 0 Å². The minimum atomic E-state index is -0.167. The second-order valence-corrected chi connectivity index (χ2v) is 1.09. The summed E-state index contributed by atoms with van der Waals surface area (Å²) in [6.07, 6.45) is -0.167. The number of aliphatic hydroxyl groups excluding tert-OH is 1. The van der Waals surface area contributed by atoms with E-state index in [1.165, 1.54) is 0 Å². The lowest BCUT2D eigenvalue weighted by atomic mass is 10.5. The molecule has 0 radical (unpaired) electrons. The quantitative estimate of drug-likeness (QED) is 0.501. The molecule has 0 aromatic heterocycles. The normalized spacial score (nSPS) is 6.00. The van der Waals surface area contributed by atoms with Crippen LogP contribution in [0.2, 0.25) is 0 Å². The average Bonchev–Trinajstić information content (AvgIpc) is 1.41. The molecular formula is C6H18O. The molecular weight excluding hydrogens is 88.1 g/mol. The molecule has 0 aromatic carbocycles. The third-order valence-corrected chi connectivity index (χ3v) is 0. The van der Waals surface area contributed by atoms with Gasteiger partial charge in [0.25, 0.3) is 0 Å². The molecule has 0 fully saturated rings. The van der Waals surface area contributed by atoms with Gasteiger partial charge in [-0.05, 0) is 13.8 Å². The average molecular weight is 106 g/mol. The summed E-state index contributed by atoms with van der Waals surface area (Å²) < 4.78 is 0. The summed E-state index contributed by atoms with van der Waals surface area (Å²) in [5.41, 5.74) is 0. The Hall–Kier alpha value is -0.0400. The third kappa shape index (κ3) is 58400. The lowest BCUT2D eigenvalue weighted by Crippen LogP contribution is -1.85. The summed E-state index contributed by atoms with van der Waals surface area (Å²) in [6, 6.07) is 0. The summed E-state index contributed by atoms with van der Waals surface area (Å²) in [5, 5.41) is 8.06. The molecule has 0 aliphatic rings. The van der Waals surface area contributed by atoms with Crippen LogP contribution in [-0.2, 0) is 0 Å². The van der Waals surface area contributed by atoms with Gasteiger partial charge in [0.2, 0.25) is 0 Å². The molecule has 0 aliphatic heterocycles. The number of hydrogen-bond acceptors (Lipinski definition) is 1. The van der Waals surface area contributed by atoms with Crippen LogP contribution >= 0.6 is 0 Å². The Bertz CT molecular complexity index is 8.90. The lowest BCUT2D eigenvalue weighted by molar-refractivity contribution is 0.216. The molecule has 0 atom stereocenters. The minimum Gasteiger partial charge on any atom is -0.394 e. The Labute approximate surface area is 47.4 Å². The van der Waals surface area contributed by atoms with Crippen LogP contribution in [0.1, 0.15) is 35.1 Å². The van der Waals surface area contributed by atoms with Crippen LogP contribution in [0.15, 0.2) is 0 Å². The maximum absolute atomic E-state index is 8.06. The standard InChI is InChI=1S/C3H8O.C2H6.CH4/c1-3(2)4;1-2;/h3-4H,1-2H3;1-2H3;1H4. The molecule has 0 amide bonds. The first-order valence-electron chi connectivity index (χ1n) is 2.41. The van der Waals surface area contributed by atoms with Crippen molar-refractivity contribution in [1.82, 2.24) is 0 Å². The fraction of sp³-hybridized carbons (Fsp3) is 1.00. The summed E-state index contributed by atoms with van der Waals surface area (Å²) in [4.78, 5) is 0. The zero-order valence-corrected chi connectivity index (χ0v) is 5.02. The molecule has 0 unspecified atom stereocenters. The zero-order chi connectivity index (χ0) is 5.58. The van der Waals surface area contributed by atoms with Crippen molar-refractivity contribution in [2.24, 2.45) is 0 Å². The van der Waals surface area contributed by atoms with Crippen molar-refractivity contribution in [2.45, 2.75) is 41.2 Å². The first-order chi connectivity index (χ1) is 2.73. The van der Waals surface area contributed by atoms with Crippen LogP contribution in [0.25, 0.3) is 0 Å². The first-order valence-corrected chi connectivity index (χ1v) is 2.41. The molecule has 0 heterocycles. The predicted octanol–water partition coefficient (Wildman–Crippen LogP) is 2.05. The monoisotopic (exact) mass is 106 g/mol. The number of hydrogen-bond donors (Lipinski definition) is 1. The van der Waals surface area contributed by atoms with Gasteiger partial charge in [0.15, 0.2) is 0 Å². The third-order valence-electron chi connectivity index (χ3n) is 0. The van der Waals surface area contributed by atoms with Crippen LogP contribution in [0, 0.1) is 0 Å². The van der Waals surface area contributed by atoms with Crippen LogP contribution in [0.4, 0.5) is 0 Å². The van der Waals surface area contributed by atoms with Gasteiger partial charge in [0.05, 0.1) is 0 Å². The summed E-state index contributed by atoms with van der Waals surface area (Å²) >= 11 is 0. The highest BCUT2D eigenvalue weighted by molar-refractivity contribution is 4.20. The van der Waals surface area contributed by atoms with Gasteiger partial charge in [-0.1, -0.05) is 21.3 Å². The van der Waals surface area contributed by atoms with E-state index in [1.54, 1.807) is 13.8 Å². The Morgan fingerprint density at radius 1 is 1.14 bits per heavy atom. The topological polar surface area (TPSA) is 20.2 Å². The molecule has 48 valence electrons. The van der Waals surface area contributed by atoms with Crippen molar-refractivity contribution in [3.63, 3.8) is 0 Å². The van der Waals surface area contributed by atoms with Gasteiger partial charge in [0.1, 0.15) is 0 Å². The summed E-state index contributed by atoms with van der Waals surface area (Å²) in [6.45, 7) is 7.44. The van der Waals surface area contributed by atoms with Crippen molar-refractivity contribution in [1.29, 1.82) is 0 Å². The lowest BCUT2D eigenvalue weighted by Gasteiger charge is -1.80. The van der Waals surface area contributed by atoms with E-state index in [4.69, 9.17) is 5.11 Å². The van der Waals surface area contributed by atoms with Crippen LogP contribution in [-0.4, -0.2) is 11.2 Å². The second-order valence-electron chi connectivity index (χ2n) is 1.09. The van der Waals surface area contributed by atoms with E-state index in [9.17, 15) is 0 Å². The van der Waals surface area contributed by atoms with E-state index in [0.29, 0.717) is 0 Å². The van der Waals surface area contributed by atoms with Gasteiger partial charge >= 0.3 is 0 Å². The Morgan fingerprint density at radius 2 is 1.14 bits per heavy atom. The van der Waals surface area contributed by atoms with Crippen LogP contribution in [0.3, 0.4) is 0 Å². The summed E-state index contributed by atoms with van der Waals surface area (Å²) in [5.74, 6) is 0. The molecule has 0 aliphatic carbocycles. The minimum absolute atomic E-state index is 0. The van der Waals surface area contributed by atoms with Crippen LogP contribution < -0.4 is 0 Å². The molecule has 0 aromatic rings. The SMILES string of the molecule is C.CC.CC(C)O. The van der Waals surface area contributed by atoms with Crippen molar-refractivity contribution in [3.8, 4) is 0 Å². The highest BCUT2D eigenvalue weighted by atomic mass is 16.3. The van der Waals surface area contributed by atoms with E-state index in [-0.39, 0.29) is 13.5 Å². The molecule has 0 saturated carbocycles. The maximum atomic E-state index is 8.06. The number of rotatable bonds is 0. The van der Waals surface area contributed by atoms with E-state index in [2.05, 4.69) is 0 Å². The zero-order valence-electron chi connectivity index (χ0n) is 5.02. The molecule has 0 bridgehead atoms. The van der Waals surface area contributed by atoms with E-state index in [1.807, 2.05) is 13.8 Å². The van der Waals surface area contributed by atoms with Crippen molar-refractivity contribution in [3.05, 3.63) is 0 Å².